The first kappa shape index (κ1) is 21.3. The molecule has 32 heavy (non-hydrogen) atoms. The molecule has 1 amide bonds. The molecule has 0 saturated carbocycles. The third kappa shape index (κ3) is 4.70. The van der Waals surface area contributed by atoms with Crippen molar-refractivity contribution in [3.63, 3.8) is 0 Å². The van der Waals surface area contributed by atoms with Gasteiger partial charge in [-0.2, -0.15) is 0 Å². The van der Waals surface area contributed by atoms with Gasteiger partial charge in [-0.25, -0.2) is 9.37 Å². The Hall–Kier alpha value is -3.91. The SMILES string of the molecule is COc1cccc(OC)c1C(=O)Nc1cccc(-c2csc(Nc3cccc(F)c3)n2)c1. The number of carbonyl (C=O) groups excluding carboxylic acids is 1. The second kappa shape index (κ2) is 9.49. The number of hydrogen-bond donors (Lipinski definition) is 2. The molecule has 0 atom stereocenters. The van der Waals surface area contributed by atoms with E-state index in [0.717, 1.165) is 11.3 Å². The summed E-state index contributed by atoms with van der Waals surface area (Å²) in [4.78, 5) is 17.5. The number of nitrogens with zero attached hydrogens (tertiary/aromatic N) is 1. The Kier molecular flexibility index (Phi) is 6.32. The highest BCUT2D eigenvalue weighted by Crippen LogP contribution is 2.31. The largest absolute Gasteiger partial charge is 0.496 e. The molecule has 1 aromatic heterocycles. The fraction of sp³-hybridized carbons (Fsp3) is 0.0833. The molecule has 0 saturated heterocycles. The molecular formula is C24H20FN3O3S. The van der Waals surface area contributed by atoms with E-state index in [0.29, 0.717) is 33.6 Å². The molecule has 0 aliphatic rings. The van der Waals surface area contributed by atoms with Gasteiger partial charge < -0.3 is 20.1 Å². The summed E-state index contributed by atoms with van der Waals surface area (Å²) >= 11 is 1.41. The van der Waals surface area contributed by atoms with Crippen molar-refractivity contribution in [1.82, 2.24) is 4.98 Å². The van der Waals surface area contributed by atoms with Crippen LogP contribution in [-0.4, -0.2) is 25.1 Å². The average Bonchev–Trinajstić information content (AvgIpc) is 3.27. The lowest BCUT2D eigenvalue weighted by Gasteiger charge is -2.13. The highest BCUT2D eigenvalue weighted by atomic mass is 32.1. The van der Waals surface area contributed by atoms with Gasteiger partial charge in [0.05, 0.1) is 19.9 Å². The van der Waals surface area contributed by atoms with Crippen LogP contribution in [0, 0.1) is 5.82 Å². The van der Waals surface area contributed by atoms with E-state index < -0.39 is 0 Å². The first-order valence-electron chi connectivity index (χ1n) is 9.68. The second-order valence-electron chi connectivity index (χ2n) is 6.75. The van der Waals surface area contributed by atoms with Gasteiger partial charge in [-0.05, 0) is 42.5 Å². The lowest BCUT2D eigenvalue weighted by molar-refractivity contribution is 0.102. The Bertz CT molecular complexity index is 1240. The predicted octanol–water partition coefficient (Wildman–Crippen LogP) is 5.96. The Balaban J connectivity index is 1.54. The molecular weight excluding hydrogens is 429 g/mol. The monoisotopic (exact) mass is 449 g/mol. The molecule has 0 radical (unpaired) electrons. The Morgan fingerprint density at radius 2 is 1.62 bits per heavy atom. The summed E-state index contributed by atoms with van der Waals surface area (Å²) in [5.74, 6) is 0.182. The molecule has 0 fully saturated rings. The number of nitrogens with one attached hydrogen (secondary N) is 2. The minimum Gasteiger partial charge on any atom is -0.496 e. The summed E-state index contributed by atoms with van der Waals surface area (Å²) < 4.78 is 24.0. The van der Waals surface area contributed by atoms with Crippen LogP contribution in [0.3, 0.4) is 0 Å². The van der Waals surface area contributed by atoms with Gasteiger partial charge in [0, 0.05) is 22.3 Å². The highest BCUT2D eigenvalue weighted by molar-refractivity contribution is 7.14. The van der Waals surface area contributed by atoms with Crippen molar-refractivity contribution in [1.29, 1.82) is 0 Å². The second-order valence-corrected chi connectivity index (χ2v) is 7.60. The number of anilines is 3. The fourth-order valence-electron chi connectivity index (χ4n) is 3.18. The zero-order chi connectivity index (χ0) is 22.5. The lowest BCUT2D eigenvalue weighted by atomic mass is 10.1. The van der Waals surface area contributed by atoms with Crippen LogP contribution in [0.25, 0.3) is 11.3 Å². The maximum Gasteiger partial charge on any atom is 0.263 e. The van der Waals surface area contributed by atoms with Crippen molar-refractivity contribution >= 4 is 33.8 Å². The molecule has 4 aromatic rings. The summed E-state index contributed by atoms with van der Waals surface area (Å²) in [6.45, 7) is 0. The number of aromatic nitrogens is 1. The number of benzene rings is 3. The summed E-state index contributed by atoms with van der Waals surface area (Å²) in [5.41, 5.74) is 3.11. The topological polar surface area (TPSA) is 72.5 Å². The van der Waals surface area contributed by atoms with Crippen LogP contribution in [0.1, 0.15) is 10.4 Å². The quantitative estimate of drug-likeness (QED) is 0.364. The van der Waals surface area contributed by atoms with E-state index in [9.17, 15) is 9.18 Å². The molecule has 8 heteroatoms. The standard InChI is InChI=1S/C24H20FN3O3S/c1-30-20-10-5-11-21(31-2)22(20)23(29)26-17-8-3-6-15(12-17)19-14-32-24(28-19)27-18-9-4-7-16(25)13-18/h3-14H,1-2H3,(H,26,29)(H,27,28). The minimum absolute atomic E-state index is 0.318. The summed E-state index contributed by atoms with van der Waals surface area (Å²) in [5, 5.41) is 8.52. The van der Waals surface area contributed by atoms with Gasteiger partial charge in [0.1, 0.15) is 22.9 Å². The molecule has 6 nitrogen and oxygen atoms in total. The lowest BCUT2D eigenvalue weighted by Crippen LogP contribution is -2.14. The van der Waals surface area contributed by atoms with Crippen molar-refractivity contribution < 1.29 is 18.7 Å². The van der Waals surface area contributed by atoms with Crippen LogP contribution in [0.15, 0.2) is 72.1 Å². The van der Waals surface area contributed by atoms with Gasteiger partial charge in [-0.15, -0.1) is 11.3 Å². The van der Waals surface area contributed by atoms with Crippen molar-refractivity contribution in [2.75, 3.05) is 24.9 Å². The van der Waals surface area contributed by atoms with Crippen LogP contribution in [0.5, 0.6) is 11.5 Å². The van der Waals surface area contributed by atoms with Crippen LogP contribution in [0.4, 0.5) is 20.9 Å². The van der Waals surface area contributed by atoms with Gasteiger partial charge in [0.2, 0.25) is 0 Å². The Morgan fingerprint density at radius 1 is 0.938 bits per heavy atom. The number of methoxy groups -OCH3 is 2. The van der Waals surface area contributed by atoms with E-state index >= 15 is 0 Å². The van der Waals surface area contributed by atoms with Gasteiger partial charge in [0.25, 0.3) is 5.91 Å². The van der Waals surface area contributed by atoms with Gasteiger partial charge in [-0.3, -0.25) is 4.79 Å². The van der Waals surface area contributed by atoms with Crippen molar-refractivity contribution in [2.24, 2.45) is 0 Å². The predicted molar refractivity (Wildman–Crippen MR) is 125 cm³/mol. The molecule has 3 aromatic carbocycles. The van der Waals surface area contributed by atoms with Crippen molar-refractivity contribution in [3.8, 4) is 22.8 Å². The number of thiazole rings is 1. The molecule has 0 unspecified atom stereocenters. The van der Waals surface area contributed by atoms with Gasteiger partial charge in [0.15, 0.2) is 5.13 Å². The molecule has 0 bridgehead atoms. The maximum absolute atomic E-state index is 13.4. The van der Waals surface area contributed by atoms with E-state index in [1.807, 2.05) is 23.6 Å². The van der Waals surface area contributed by atoms with Crippen LogP contribution < -0.4 is 20.1 Å². The Morgan fingerprint density at radius 3 is 2.34 bits per heavy atom. The van der Waals surface area contributed by atoms with E-state index in [1.165, 1.54) is 37.7 Å². The van der Waals surface area contributed by atoms with Crippen LogP contribution >= 0.6 is 11.3 Å². The highest BCUT2D eigenvalue weighted by Gasteiger charge is 2.18. The molecule has 0 aliphatic heterocycles. The number of hydrogen-bond acceptors (Lipinski definition) is 6. The molecule has 0 aliphatic carbocycles. The first-order chi connectivity index (χ1) is 15.6. The maximum atomic E-state index is 13.4. The number of halogens is 1. The molecule has 2 N–H and O–H groups in total. The molecule has 0 spiro atoms. The zero-order valence-electron chi connectivity index (χ0n) is 17.4. The third-order valence-electron chi connectivity index (χ3n) is 4.65. The number of rotatable bonds is 7. The summed E-state index contributed by atoms with van der Waals surface area (Å²) in [6, 6.07) is 18.7. The van der Waals surface area contributed by atoms with Gasteiger partial charge in [-0.1, -0.05) is 24.3 Å². The normalized spacial score (nSPS) is 10.5. The molecule has 162 valence electrons. The summed E-state index contributed by atoms with van der Waals surface area (Å²) in [6.07, 6.45) is 0. The van der Waals surface area contributed by atoms with Crippen molar-refractivity contribution in [3.05, 3.63) is 83.5 Å². The third-order valence-corrected chi connectivity index (χ3v) is 5.41. The number of ether oxygens (including phenoxy) is 2. The Labute approximate surface area is 188 Å². The summed E-state index contributed by atoms with van der Waals surface area (Å²) in [7, 11) is 3.01. The van der Waals surface area contributed by atoms with E-state index in [1.54, 1.807) is 36.4 Å². The van der Waals surface area contributed by atoms with Crippen molar-refractivity contribution in [2.45, 2.75) is 0 Å². The van der Waals surface area contributed by atoms with E-state index in [2.05, 4.69) is 15.6 Å². The van der Waals surface area contributed by atoms with Crippen LogP contribution in [-0.2, 0) is 0 Å². The molecule has 1 heterocycles. The number of carbonyl (C=O) groups is 1. The fourth-order valence-corrected chi connectivity index (χ4v) is 3.92. The van der Waals surface area contributed by atoms with E-state index in [-0.39, 0.29) is 11.7 Å². The minimum atomic E-state index is -0.344. The van der Waals surface area contributed by atoms with E-state index in [4.69, 9.17) is 9.47 Å². The van der Waals surface area contributed by atoms with Crippen LogP contribution in [0.2, 0.25) is 0 Å². The zero-order valence-corrected chi connectivity index (χ0v) is 18.2. The van der Waals surface area contributed by atoms with Gasteiger partial charge >= 0.3 is 0 Å². The first-order valence-corrected chi connectivity index (χ1v) is 10.6. The smallest absolute Gasteiger partial charge is 0.263 e. The number of amides is 1. The average molecular weight is 450 g/mol. The molecule has 4 rings (SSSR count).